The number of carbonyl (C=O) groups excluding carboxylic acids is 1. The van der Waals surface area contributed by atoms with E-state index in [9.17, 15) is 22.0 Å². The molecule has 2 aliphatic rings. The lowest BCUT2D eigenvalue weighted by atomic mass is 9.92. The summed E-state index contributed by atoms with van der Waals surface area (Å²) in [5.41, 5.74) is -0.761. The highest BCUT2D eigenvalue weighted by molar-refractivity contribution is 7.89. The average Bonchev–Trinajstić information content (AvgIpc) is 3.68. The molecule has 11 heteroatoms. The predicted molar refractivity (Wildman–Crippen MR) is 142 cm³/mol. The molecular formula is C27H34ClF3N2O4S. The molecule has 6 nitrogen and oxygen atoms in total. The average molecular weight is 575 g/mol. The van der Waals surface area contributed by atoms with E-state index in [1.54, 1.807) is 10.8 Å². The van der Waals surface area contributed by atoms with Crippen LogP contribution in [0.1, 0.15) is 79.9 Å². The molecule has 1 N–H and O–H groups in total. The first-order valence-electron chi connectivity index (χ1n) is 12.7. The highest BCUT2D eigenvalue weighted by atomic mass is 35.5. The summed E-state index contributed by atoms with van der Waals surface area (Å²) in [5.74, 6) is -2.23. The number of benzene rings is 2. The Bertz CT molecular complexity index is 1240. The summed E-state index contributed by atoms with van der Waals surface area (Å²) >= 11 is 5.97. The molecule has 1 saturated heterocycles. The van der Waals surface area contributed by atoms with E-state index in [0.29, 0.717) is 29.2 Å². The van der Waals surface area contributed by atoms with Gasteiger partial charge in [-0.1, -0.05) is 25.4 Å². The number of ether oxygens (including phenoxy) is 1. The molecule has 1 aliphatic heterocycles. The van der Waals surface area contributed by atoms with Crippen molar-refractivity contribution in [3.63, 3.8) is 0 Å². The molecule has 38 heavy (non-hydrogen) atoms. The van der Waals surface area contributed by atoms with E-state index in [1.165, 1.54) is 18.2 Å². The Morgan fingerprint density at radius 3 is 2.34 bits per heavy atom. The molecule has 0 spiro atoms. The van der Waals surface area contributed by atoms with Gasteiger partial charge in [0.05, 0.1) is 11.8 Å². The Balaban J connectivity index is 0.00000195. The zero-order valence-corrected chi connectivity index (χ0v) is 23.6. The minimum Gasteiger partial charge on any atom is -0.490 e. The molecule has 0 radical (unpaired) electrons. The van der Waals surface area contributed by atoms with Crippen LogP contribution in [0.2, 0.25) is 5.02 Å². The van der Waals surface area contributed by atoms with Gasteiger partial charge in [-0.2, -0.15) is 0 Å². The van der Waals surface area contributed by atoms with Gasteiger partial charge in [-0.25, -0.2) is 26.3 Å². The number of rotatable bonds is 8. The molecule has 1 heterocycles. The van der Waals surface area contributed by atoms with Crippen molar-refractivity contribution in [3.05, 3.63) is 63.7 Å². The molecule has 1 aliphatic carbocycles. The van der Waals surface area contributed by atoms with Gasteiger partial charge in [0, 0.05) is 30.2 Å². The summed E-state index contributed by atoms with van der Waals surface area (Å²) in [6, 6.07) is 6.53. The van der Waals surface area contributed by atoms with Gasteiger partial charge in [-0.3, -0.25) is 9.69 Å². The van der Waals surface area contributed by atoms with Gasteiger partial charge in [-0.05, 0) is 73.9 Å². The first-order chi connectivity index (χ1) is 17.8. The quantitative estimate of drug-likeness (QED) is 0.409. The summed E-state index contributed by atoms with van der Waals surface area (Å²) < 4.78 is 74.3. The standard InChI is InChI=1S/C25H28ClF3N2O4S.C2H6/c1-15(17-9-18(26)11-19(27)10-17)31-7-5-25(29,6-8-31)14-35-23-13-22(28)21(12-20(23)16-3-4-16)24(32)30-36(2,33)34;1-2/h9-13,15-16H,3-8,14H2,1-2H3,(H,30,32);1-2H3/t15-;/m0./s1. The van der Waals surface area contributed by atoms with Crippen LogP contribution in [-0.4, -0.2) is 50.8 Å². The number of halogens is 4. The summed E-state index contributed by atoms with van der Waals surface area (Å²) in [6.07, 6.45) is 2.79. The van der Waals surface area contributed by atoms with Gasteiger partial charge in [0.1, 0.15) is 29.7 Å². The van der Waals surface area contributed by atoms with Crippen molar-refractivity contribution in [2.45, 2.75) is 64.1 Å². The molecule has 0 bridgehead atoms. The lowest BCUT2D eigenvalue weighted by Crippen LogP contribution is -2.45. The molecule has 4 rings (SSSR count). The highest BCUT2D eigenvalue weighted by Gasteiger charge is 2.38. The third-order valence-corrected chi connectivity index (χ3v) is 7.51. The number of likely N-dealkylation sites (tertiary alicyclic amines) is 1. The van der Waals surface area contributed by atoms with Crippen LogP contribution in [0.5, 0.6) is 5.75 Å². The monoisotopic (exact) mass is 574 g/mol. The second-order valence-electron chi connectivity index (χ2n) is 9.70. The maximum atomic E-state index is 15.6. The number of nitrogens with one attached hydrogen (secondary N) is 1. The van der Waals surface area contributed by atoms with E-state index < -0.39 is 38.8 Å². The van der Waals surface area contributed by atoms with Crippen molar-refractivity contribution < 1.29 is 31.1 Å². The van der Waals surface area contributed by atoms with Crippen LogP contribution in [0.25, 0.3) is 0 Å². The Morgan fingerprint density at radius 1 is 1.16 bits per heavy atom. The number of sulfonamides is 1. The second-order valence-corrected chi connectivity index (χ2v) is 11.9. The summed E-state index contributed by atoms with van der Waals surface area (Å²) in [4.78, 5) is 14.3. The fourth-order valence-corrected chi connectivity index (χ4v) is 5.18. The summed E-state index contributed by atoms with van der Waals surface area (Å²) in [5, 5.41) is 0.306. The molecule has 2 aromatic rings. The van der Waals surface area contributed by atoms with Crippen LogP contribution < -0.4 is 9.46 Å². The van der Waals surface area contributed by atoms with Gasteiger partial charge >= 0.3 is 0 Å². The van der Waals surface area contributed by atoms with Gasteiger partial charge in [-0.15, -0.1) is 0 Å². The van der Waals surface area contributed by atoms with Crippen molar-refractivity contribution in [3.8, 4) is 5.75 Å². The Hall–Kier alpha value is -2.30. The molecule has 2 aromatic carbocycles. The molecule has 1 saturated carbocycles. The fourth-order valence-electron chi connectivity index (χ4n) is 4.50. The summed E-state index contributed by atoms with van der Waals surface area (Å²) in [6.45, 7) is 6.47. The maximum Gasteiger partial charge on any atom is 0.267 e. The van der Waals surface area contributed by atoms with Crippen molar-refractivity contribution in [2.75, 3.05) is 26.0 Å². The predicted octanol–water partition coefficient (Wildman–Crippen LogP) is 6.16. The third-order valence-electron chi connectivity index (χ3n) is 6.73. The SMILES string of the molecule is CC.C[C@@H](c1cc(F)cc(Cl)c1)N1CCC(F)(COc2cc(F)c(C(=O)NS(C)(=O)=O)cc2C2CC2)CC1. The van der Waals surface area contributed by atoms with Crippen molar-refractivity contribution in [1.29, 1.82) is 0 Å². The van der Waals surface area contributed by atoms with E-state index in [0.717, 1.165) is 25.2 Å². The van der Waals surface area contributed by atoms with Crippen LogP contribution in [0.3, 0.4) is 0 Å². The van der Waals surface area contributed by atoms with E-state index >= 15 is 4.39 Å². The van der Waals surface area contributed by atoms with Crippen molar-refractivity contribution >= 4 is 27.5 Å². The van der Waals surface area contributed by atoms with Crippen LogP contribution in [0.15, 0.2) is 30.3 Å². The molecule has 2 fully saturated rings. The lowest BCUT2D eigenvalue weighted by molar-refractivity contribution is 0.00611. The fraction of sp³-hybridized carbons (Fsp3) is 0.519. The second kappa shape index (κ2) is 12.3. The van der Waals surface area contributed by atoms with E-state index in [2.05, 4.69) is 0 Å². The summed E-state index contributed by atoms with van der Waals surface area (Å²) in [7, 11) is -3.86. The largest absolute Gasteiger partial charge is 0.490 e. The molecule has 0 aromatic heterocycles. The van der Waals surface area contributed by atoms with Crippen LogP contribution >= 0.6 is 11.6 Å². The highest BCUT2D eigenvalue weighted by Crippen LogP contribution is 2.45. The van der Waals surface area contributed by atoms with Crippen LogP contribution in [0.4, 0.5) is 13.2 Å². The van der Waals surface area contributed by atoms with Gasteiger partial charge in [0.2, 0.25) is 10.0 Å². The first kappa shape index (κ1) is 30.2. The van der Waals surface area contributed by atoms with E-state index in [4.69, 9.17) is 16.3 Å². The van der Waals surface area contributed by atoms with E-state index in [-0.39, 0.29) is 37.2 Å². The number of nitrogens with zero attached hydrogens (tertiary/aromatic N) is 1. The van der Waals surface area contributed by atoms with Crippen molar-refractivity contribution in [1.82, 2.24) is 9.62 Å². The Labute approximate surface area is 227 Å². The number of hydrogen-bond acceptors (Lipinski definition) is 5. The zero-order chi connectivity index (χ0) is 28.3. The topological polar surface area (TPSA) is 75.7 Å². The Morgan fingerprint density at radius 2 is 1.79 bits per heavy atom. The lowest BCUT2D eigenvalue weighted by Gasteiger charge is -2.39. The van der Waals surface area contributed by atoms with Gasteiger partial charge in [0.15, 0.2) is 0 Å². The van der Waals surface area contributed by atoms with Gasteiger partial charge in [0.25, 0.3) is 5.91 Å². The third kappa shape index (κ3) is 7.86. The molecule has 0 unspecified atom stereocenters. The minimum atomic E-state index is -3.86. The molecular weight excluding hydrogens is 541 g/mol. The van der Waals surface area contributed by atoms with E-state index in [1.807, 2.05) is 25.7 Å². The normalized spacial score (nSPS) is 18.2. The first-order valence-corrected chi connectivity index (χ1v) is 15.0. The molecule has 210 valence electrons. The number of piperidine rings is 1. The zero-order valence-electron chi connectivity index (χ0n) is 22.0. The molecule has 1 amide bonds. The number of amides is 1. The maximum absolute atomic E-state index is 15.6. The number of alkyl halides is 1. The number of hydrogen-bond donors (Lipinski definition) is 1. The van der Waals surface area contributed by atoms with Crippen LogP contribution in [0, 0.1) is 11.6 Å². The Kier molecular flexibility index (Phi) is 9.76. The molecule has 1 atom stereocenters. The smallest absolute Gasteiger partial charge is 0.267 e. The van der Waals surface area contributed by atoms with Crippen LogP contribution in [-0.2, 0) is 10.0 Å². The van der Waals surface area contributed by atoms with Gasteiger partial charge < -0.3 is 4.74 Å². The minimum absolute atomic E-state index is 0.0433. The van der Waals surface area contributed by atoms with Crippen molar-refractivity contribution in [2.24, 2.45) is 0 Å². The number of carbonyl (C=O) groups is 1.